The number of fused-ring (bicyclic) bond motifs is 12. The Morgan fingerprint density at radius 1 is 0.362 bits per heavy atom. The monoisotopic (exact) mass is 616 g/mol. The van der Waals surface area contributed by atoms with E-state index in [9.17, 15) is 0 Å². The molecule has 0 saturated heterocycles. The van der Waals surface area contributed by atoms with Gasteiger partial charge in [-0.1, -0.05) is 109 Å². The van der Waals surface area contributed by atoms with Gasteiger partial charge in [0.05, 0.1) is 5.39 Å². The highest BCUT2D eigenvalue weighted by molar-refractivity contribution is 7.25. The van der Waals surface area contributed by atoms with Crippen LogP contribution in [0.4, 0.5) is 0 Å². The van der Waals surface area contributed by atoms with E-state index < -0.39 is 0 Å². The Labute approximate surface area is 272 Å². The predicted molar refractivity (Wildman–Crippen MR) is 200 cm³/mol. The van der Waals surface area contributed by atoms with Crippen molar-refractivity contribution in [2.45, 2.75) is 0 Å². The van der Waals surface area contributed by atoms with E-state index in [-0.39, 0.29) is 0 Å². The van der Waals surface area contributed by atoms with Gasteiger partial charge in [-0.05, 0) is 80.2 Å². The van der Waals surface area contributed by atoms with Crippen LogP contribution in [0.5, 0.6) is 0 Å². The summed E-state index contributed by atoms with van der Waals surface area (Å²) in [6.07, 6.45) is 0. The van der Waals surface area contributed by atoms with Gasteiger partial charge in [-0.15, -0.1) is 11.3 Å². The number of hydrogen-bond acceptors (Lipinski definition) is 3. The van der Waals surface area contributed by atoms with Crippen molar-refractivity contribution in [3.05, 3.63) is 146 Å². The van der Waals surface area contributed by atoms with Crippen LogP contribution in [0.25, 0.3) is 108 Å². The summed E-state index contributed by atoms with van der Waals surface area (Å²) in [5.41, 5.74) is 8.25. The average molecular weight is 617 g/mol. The fourth-order valence-electron chi connectivity index (χ4n) is 7.90. The Morgan fingerprint density at radius 3 is 1.60 bits per heavy atom. The first-order valence-corrected chi connectivity index (χ1v) is 16.7. The molecule has 0 N–H and O–H groups in total. The first-order valence-electron chi connectivity index (χ1n) is 15.9. The maximum Gasteiger partial charge on any atom is 0.147 e. The normalized spacial score (nSPS) is 12.3. The second-order valence-corrected chi connectivity index (χ2v) is 13.4. The summed E-state index contributed by atoms with van der Waals surface area (Å²) in [5.74, 6) is 0. The van der Waals surface area contributed by atoms with Crippen LogP contribution in [0.1, 0.15) is 0 Å². The van der Waals surface area contributed by atoms with Crippen molar-refractivity contribution in [1.82, 2.24) is 0 Å². The number of rotatable bonds is 2. The number of thiophene rings is 1. The summed E-state index contributed by atoms with van der Waals surface area (Å²) in [4.78, 5) is 0. The largest absolute Gasteiger partial charge is 0.456 e. The highest BCUT2D eigenvalue weighted by atomic mass is 32.1. The van der Waals surface area contributed by atoms with Gasteiger partial charge in [0.25, 0.3) is 0 Å². The third kappa shape index (κ3) is 3.44. The number of hydrogen-bond donors (Lipinski definition) is 0. The molecule has 0 fully saturated rings. The molecule has 11 aromatic rings. The van der Waals surface area contributed by atoms with Gasteiger partial charge < -0.3 is 8.83 Å². The Kier molecular flexibility index (Phi) is 5.02. The van der Waals surface area contributed by atoms with E-state index >= 15 is 0 Å². The van der Waals surface area contributed by atoms with E-state index in [1.54, 1.807) is 0 Å². The maximum atomic E-state index is 6.72. The molecule has 2 nitrogen and oxygen atoms in total. The molecule has 0 aliphatic rings. The standard InChI is InChI=1S/C44H24O2S/c1-3-14-29-27(12-1)40(25-21-22-39-33(23-25)26-11-7-10-20-38(26)47-39)28-13-2-4-15-30(28)41(29)34-24-37-43(32-17-6-8-18-35(32)45-37)44-42(34)31-16-5-9-19-36(31)46-44/h1-24H. The van der Waals surface area contributed by atoms with Crippen LogP contribution in [-0.4, -0.2) is 0 Å². The van der Waals surface area contributed by atoms with E-state index in [4.69, 9.17) is 8.83 Å². The van der Waals surface area contributed by atoms with Crippen molar-refractivity contribution < 1.29 is 8.83 Å². The van der Waals surface area contributed by atoms with Crippen LogP contribution in [0.15, 0.2) is 154 Å². The summed E-state index contributed by atoms with van der Waals surface area (Å²) in [6.45, 7) is 0. The predicted octanol–water partition coefficient (Wildman–Crippen LogP) is 13.5. The lowest BCUT2D eigenvalue weighted by atomic mass is 9.84. The SMILES string of the molecule is c1ccc2c(c1)oc1c2c(-c2c3ccccc3c(-c3ccc4sc5ccccc5c4c3)c3ccccc23)cc2oc3ccccc3c21. The van der Waals surface area contributed by atoms with Crippen molar-refractivity contribution in [1.29, 1.82) is 0 Å². The van der Waals surface area contributed by atoms with Crippen LogP contribution in [-0.2, 0) is 0 Å². The average Bonchev–Trinajstić information content (AvgIpc) is 3.81. The minimum atomic E-state index is 0.833. The highest BCUT2D eigenvalue weighted by Gasteiger charge is 2.24. The molecule has 0 aliphatic carbocycles. The Balaban J connectivity index is 1.31. The lowest BCUT2D eigenvalue weighted by Gasteiger charge is -2.18. The van der Waals surface area contributed by atoms with Crippen LogP contribution < -0.4 is 0 Å². The molecule has 3 heterocycles. The van der Waals surface area contributed by atoms with Crippen LogP contribution in [0.3, 0.4) is 0 Å². The molecule has 8 aromatic carbocycles. The van der Waals surface area contributed by atoms with Gasteiger partial charge in [0.2, 0.25) is 0 Å². The molecular weight excluding hydrogens is 593 g/mol. The van der Waals surface area contributed by atoms with Gasteiger partial charge in [-0.2, -0.15) is 0 Å². The zero-order chi connectivity index (χ0) is 30.6. The Bertz CT molecular complexity index is 3020. The van der Waals surface area contributed by atoms with E-state index in [1.807, 2.05) is 29.5 Å². The zero-order valence-corrected chi connectivity index (χ0v) is 25.9. The van der Waals surface area contributed by atoms with Crippen LogP contribution in [0.2, 0.25) is 0 Å². The first kappa shape index (κ1) is 25.3. The van der Waals surface area contributed by atoms with Gasteiger partial charge in [-0.3, -0.25) is 0 Å². The molecular formula is C44H24O2S. The van der Waals surface area contributed by atoms with E-state index in [0.717, 1.165) is 49.4 Å². The van der Waals surface area contributed by atoms with Gasteiger partial charge in [-0.25, -0.2) is 0 Å². The summed E-state index contributed by atoms with van der Waals surface area (Å²) in [6, 6.07) is 52.3. The summed E-state index contributed by atoms with van der Waals surface area (Å²) in [5, 5.41) is 11.8. The summed E-state index contributed by atoms with van der Waals surface area (Å²) in [7, 11) is 0. The second kappa shape index (κ2) is 9.32. The van der Waals surface area contributed by atoms with Crippen molar-refractivity contribution in [3.63, 3.8) is 0 Å². The molecule has 3 aromatic heterocycles. The molecule has 0 spiro atoms. The fourth-order valence-corrected chi connectivity index (χ4v) is 8.99. The zero-order valence-electron chi connectivity index (χ0n) is 25.1. The molecule has 0 bridgehead atoms. The van der Waals surface area contributed by atoms with Gasteiger partial charge in [0, 0.05) is 36.3 Å². The minimum absolute atomic E-state index is 0.833. The topological polar surface area (TPSA) is 26.3 Å². The van der Waals surface area contributed by atoms with Gasteiger partial charge >= 0.3 is 0 Å². The molecule has 0 atom stereocenters. The van der Waals surface area contributed by atoms with E-state index in [1.165, 1.54) is 58.4 Å². The molecule has 11 rings (SSSR count). The van der Waals surface area contributed by atoms with Crippen molar-refractivity contribution in [2.75, 3.05) is 0 Å². The highest BCUT2D eigenvalue weighted by Crippen LogP contribution is 2.50. The first-order chi connectivity index (χ1) is 23.3. The molecule has 0 radical (unpaired) electrons. The molecule has 47 heavy (non-hydrogen) atoms. The van der Waals surface area contributed by atoms with Gasteiger partial charge in [0.1, 0.15) is 22.3 Å². The number of benzene rings is 8. The third-order valence-electron chi connectivity index (χ3n) is 9.86. The molecule has 0 amide bonds. The molecule has 0 unspecified atom stereocenters. The summed E-state index contributed by atoms with van der Waals surface area (Å²) >= 11 is 1.86. The molecule has 0 saturated carbocycles. The fraction of sp³-hybridized carbons (Fsp3) is 0. The lowest BCUT2D eigenvalue weighted by Crippen LogP contribution is -1.91. The van der Waals surface area contributed by atoms with Crippen LogP contribution in [0, 0.1) is 0 Å². The van der Waals surface area contributed by atoms with E-state index in [2.05, 4.69) is 127 Å². The third-order valence-corrected chi connectivity index (χ3v) is 11.0. The lowest BCUT2D eigenvalue weighted by molar-refractivity contribution is 0.663. The Hall–Kier alpha value is -5.90. The van der Waals surface area contributed by atoms with Crippen LogP contribution >= 0.6 is 11.3 Å². The van der Waals surface area contributed by atoms with Crippen molar-refractivity contribution in [3.8, 4) is 22.3 Å². The number of para-hydroxylation sites is 2. The second-order valence-electron chi connectivity index (χ2n) is 12.3. The molecule has 218 valence electrons. The molecule has 0 aliphatic heterocycles. The smallest absolute Gasteiger partial charge is 0.147 e. The molecule has 3 heteroatoms. The summed E-state index contributed by atoms with van der Waals surface area (Å²) < 4.78 is 15.9. The van der Waals surface area contributed by atoms with Crippen molar-refractivity contribution in [2.24, 2.45) is 0 Å². The minimum Gasteiger partial charge on any atom is -0.456 e. The van der Waals surface area contributed by atoms with E-state index in [0.29, 0.717) is 0 Å². The number of furan rings is 2. The van der Waals surface area contributed by atoms with Crippen molar-refractivity contribution >= 4 is 96.9 Å². The van der Waals surface area contributed by atoms with Gasteiger partial charge in [0.15, 0.2) is 0 Å². The quantitative estimate of drug-likeness (QED) is 0.181. The Morgan fingerprint density at radius 2 is 0.894 bits per heavy atom. The maximum absolute atomic E-state index is 6.72.